The van der Waals surface area contributed by atoms with Crippen LogP contribution in [0.4, 0.5) is 5.13 Å². The Balaban J connectivity index is 1.99. The van der Waals surface area contributed by atoms with Crippen LogP contribution in [-0.2, 0) is 6.54 Å². The lowest BCUT2D eigenvalue weighted by molar-refractivity contribution is 0.101. The molecule has 0 radical (unpaired) electrons. The lowest BCUT2D eigenvalue weighted by atomic mass is 10.1. The third-order valence-corrected chi connectivity index (χ3v) is 5.24. The van der Waals surface area contributed by atoms with Gasteiger partial charge in [0.15, 0.2) is 5.13 Å². The second kappa shape index (κ2) is 7.50. The van der Waals surface area contributed by atoms with Crippen LogP contribution in [0, 0.1) is 6.92 Å². The molecule has 0 aliphatic carbocycles. The molecule has 1 aromatic carbocycles. The highest BCUT2D eigenvalue weighted by Gasteiger charge is 2.21. The van der Waals surface area contributed by atoms with Crippen LogP contribution >= 0.6 is 11.3 Å². The van der Waals surface area contributed by atoms with Crippen molar-refractivity contribution in [1.29, 1.82) is 0 Å². The third-order valence-electron chi connectivity index (χ3n) is 4.46. The fraction of sp³-hybridized carbons (Fsp3) is 0.400. The first-order valence-corrected chi connectivity index (χ1v) is 9.86. The minimum Gasteiger partial charge on any atom is -0.494 e. The van der Waals surface area contributed by atoms with Gasteiger partial charge in [0.05, 0.1) is 12.3 Å². The number of thiazole rings is 1. The lowest BCUT2D eigenvalue weighted by Crippen LogP contribution is -2.17. The van der Waals surface area contributed by atoms with Crippen molar-refractivity contribution < 1.29 is 9.53 Å². The van der Waals surface area contributed by atoms with Crippen molar-refractivity contribution in [3.63, 3.8) is 0 Å². The molecule has 3 aromatic rings. The molecule has 0 spiro atoms. The van der Waals surface area contributed by atoms with E-state index in [1.165, 1.54) is 11.3 Å². The van der Waals surface area contributed by atoms with Crippen LogP contribution in [0.1, 0.15) is 55.4 Å². The summed E-state index contributed by atoms with van der Waals surface area (Å²) < 4.78 is 7.66. The number of hydrogen-bond donors (Lipinski definition) is 1. The van der Waals surface area contributed by atoms with Gasteiger partial charge < -0.3 is 9.30 Å². The Bertz CT molecular complexity index is 940. The molecule has 138 valence electrons. The van der Waals surface area contributed by atoms with E-state index in [2.05, 4.69) is 24.1 Å². The Morgan fingerprint density at radius 3 is 2.73 bits per heavy atom. The molecule has 0 fully saturated rings. The summed E-state index contributed by atoms with van der Waals surface area (Å²) in [4.78, 5) is 17.5. The molecule has 0 aliphatic rings. The summed E-state index contributed by atoms with van der Waals surface area (Å²) in [7, 11) is 0. The number of ether oxygens (including phenoxy) is 1. The largest absolute Gasteiger partial charge is 0.494 e. The number of hydrogen-bond acceptors (Lipinski definition) is 4. The van der Waals surface area contributed by atoms with Crippen LogP contribution in [0.2, 0.25) is 0 Å². The van der Waals surface area contributed by atoms with Crippen molar-refractivity contribution in [2.45, 2.75) is 47.1 Å². The van der Waals surface area contributed by atoms with Gasteiger partial charge in [-0.15, -0.1) is 11.3 Å². The number of rotatable bonds is 6. The molecule has 2 heterocycles. The Hall–Kier alpha value is -2.34. The summed E-state index contributed by atoms with van der Waals surface area (Å²) in [5.41, 5.74) is 3.68. The van der Waals surface area contributed by atoms with E-state index >= 15 is 0 Å². The SMILES string of the molecule is CCOc1ccc2c(c1)c(C)c(C(=O)Nc1nc(C(C)C)cs1)n2CC. The molecule has 6 heteroatoms. The lowest BCUT2D eigenvalue weighted by Gasteiger charge is -2.08. The average Bonchev–Trinajstić information content (AvgIpc) is 3.18. The molecule has 1 amide bonds. The highest BCUT2D eigenvalue weighted by Crippen LogP contribution is 2.30. The highest BCUT2D eigenvalue weighted by atomic mass is 32.1. The predicted molar refractivity (Wildman–Crippen MR) is 108 cm³/mol. The maximum Gasteiger partial charge on any atom is 0.274 e. The van der Waals surface area contributed by atoms with Crippen molar-refractivity contribution in [3.05, 3.63) is 40.5 Å². The number of aromatic nitrogens is 2. The van der Waals surface area contributed by atoms with Gasteiger partial charge in [-0.05, 0) is 50.5 Å². The maximum atomic E-state index is 13.0. The first kappa shape index (κ1) is 18.5. The summed E-state index contributed by atoms with van der Waals surface area (Å²) in [5.74, 6) is 1.05. The molecule has 5 nitrogen and oxygen atoms in total. The van der Waals surface area contributed by atoms with E-state index in [-0.39, 0.29) is 5.91 Å². The van der Waals surface area contributed by atoms with Crippen molar-refractivity contribution >= 4 is 33.3 Å². The number of carbonyl (C=O) groups is 1. The second-order valence-corrected chi connectivity index (χ2v) is 7.37. The molecule has 0 aliphatic heterocycles. The Kier molecular flexibility index (Phi) is 5.32. The van der Waals surface area contributed by atoms with Gasteiger partial charge >= 0.3 is 0 Å². The average molecular weight is 372 g/mol. The second-order valence-electron chi connectivity index (χ2n) is 6.52. The van der Waals surface area contributed by atoms with Gasteiger partial charge in [-0.3, -0.25) is 10.1 Å². The molecule has 1 N–H and O–H groups in total. The maximum absolute atomic E-state index is 13.0. The van der Waals surface area contributed by atoms with Gasteiger partial charge in [0, 0.05) is 22.8 Å². The molecule has 0 saturated carbocycles. The summed E-state index contributed by atoms with van der Waals surface area (Å²) in [6.45, 7) is 11.5. The zero-order valence-electron chi connectivity index (χ0n) is 15.9. The smallest absolute Gasteiger partial charge is 0.274 e. The van der Waals surface area contributed by atoms with Gasteiger partial charge in [-0.1, -0.05) is 13.8 Å². The number of benzene rings is 1. The van der Waals surface area contributed by atoms with Crippen LogP contribution < -0.4 is 10.1 Å². The summed E-state index contributed by atoms with van der Waals surface area (Å²) in [6, 6.07) is 5.99. The summed E-state index contributed by atoms with van der Waals surface area (Å²) >= 11 is 1.46. The number of fused-ring (bicyclic) bond motifs is 1. The fourth-order valence-corrected chi connectivity index (χ4v) is 4.01. The van der Waals surface area contributed by atoms with Crippen molar-refractivity contribution in [3.8, 4) is 5.75 Å². The predicted octanol–water partition coefficient (Wildman–Crippen LogP) is 5.20. The van der Waals surface area contributed by atoms with Crippen LogP contribution in [0.15, 0.2) is 23.6 Å². The zero-order valence-corrected chi connectivity index (χ0v) is 16.7. The first-order chi connectivity index (χ1) is 12.5. The van der Waals surface area contributed by atoms with E-state index in [9.17, 15) is 4.79 Å². The molecule has 0 saturated heterocycles. The van der Waals surface area contributed by atoms with E-state index in [0.717, 1.165) is 34.5 Å². The van der Waals surface area contributed by atoms with E-state index in [1.54, 1.807) is 0 Å². The van der Waals surface area contributed by atoms with E-state index in [0.29, 0.717) is 23.4 Å². The third kappa shape index (κ3) is 3.33. The molecule has 2 aromatic heterocycles. The van der Waals surface area contributed by atoms with Gasteiger partial charge in [-0.25, -0.2) is 4.98 Å². The molecule has 26 heavy (non-hydrogen) atoms. The Labute approximate surface area is 158 Å². The molecular formula is C20H25N3O2S. The van der Waals surface area contributed by atoms with Gasteiger partial charge in [0.2, 0.25) is 0 Å². The van der Waals surface area contributed by atoms with Crippen molar-refractivity contribution in [2.75, 3.05) is 11.9 Å². The Morgan fingerprint density at radius 1 is 1.35 bits per heavy atom. The van der Waals surface area contributed by atoms with Gasteiger partial charge in [-0.2, -0.15) is 0 Å². The van der Waals surface area contributed by atoms with Crippen molar-refractivity contribution in [2.24, 2.45) is 0 Å². The number of aryl methyl sites for hydroxylation is 2. The molecule has 0 bridgehead atoms. The van der Waals surface area contributed by atoms with Gasteiger partial charge in [0.1, 0.15) is 11.4 Å². The summed E-state index contributed by atoms with van der Waals surface area (Å²) in [5, 5.41) is 6.65. The van der Waals surface area contributed by atoms with Crippen molar-refractivity contribution in [1.82, 2.24) is 9.55 Å². The normalized spacial score (nSPS) is 11.3. The van der Waals surface area contributed by atoms with Crippen LogP contribution in [0.3, 0.4) is 0 Å². The minimum absolute atomic E-state index is 0.122. The number of carbonyl (C=O) groups excluding carboxylic acids is 1. The van der Waals surface area contributed by atoms with Crippen LogP contribution in [0.5, 0.6) is 5.75 Å². The first-order valence-electron chi connectivity index (χ1n) is 8.98. The Morgan fingerprint density at radius 2 is 2.12 bits per heavy atom. The molecule has 0 atom stereocenters. The standard InChI is InChI=1S/C20H25N3O2S/c1-6-23-17-9-8-14(25-7-2)10-15(17)13(5)18(23)19(24)22-20-21-16(11-26-20)12(3)4/h8-12H,6-7H2,1-5H3,(H,21,22,24). The highest BCUT2D eigenvalue weighted by molar-refractivity contribution is 7.14. The van der Waals surface area contributed by atoms with Gasteiger partial charge in [0.25, 0.3) is 5.91 Å². The number of anilines is 1. The van der Waals surface area contributed by atoms with Crippen LogP contribution in [-0.4, -0.2) is 22.1 Å². The molecule has 3 rings (SSSR count). The minimum atomic E-state index is -0.122. The monoisotopic (exact) mass is 371 g/mol. The molecule has 0 unspecified atom stereocenters. The van der Waals surface area contributed by atoms with Crippen LogP contribution in [0.25, 0.3) is 10.9 Å². The topological polar surface area (TPSA) is 56.1 Å². The summed E-state index contributed by atoms with van der Waals surface area (Å²) in [6.07, 6.45) is 0. The van der Waals surface area contributed by atoms with E-state index in [1.807, 2.05) is 48.9 Å². The zero-order chi connectivity index (χ0) is 18.8. The number of amides is 1. The molecular weight excluding hydrogens is 346 g/mol. The van der Waals surface area contributed by atoms with E-state index < -0.39 is 0 Å². The quantitative estimate of drug-likeness (QED) is 0.648. The number of nitrogens with zero attached hydrogens (tertiary/aromatic N) is 2. The van der Waals surface area contributed by atoms with E-state index in [4.69, 9.17) is 4.74 Å². The fourth-order valence-electron chi connectivity index (χ4n) is 3.14. The number of nitrogens with one attached hydrogen (secondary N) is 1.